The molecule has 0 spiro atoms. The van der Waals surface area contributed by atoms with E-state index in [0.29, 0.717) is 22.8 Å². The molecule has 0 N–H and O–H groups in total. The predicted molar refractivity (Wildman–Crippen MR) is 90.0 cm³/mol. The number of carbonyl (C=O) groups excluding carboxylic acids is 2. The van der Waals surface area contributed by atoms with E-state index < -0.39 is 29.2 Å². The van der Waals surface area contributed by atoms with Crippen LogP contribution in [0, 0.1) is 30.9 Å². The first kappa shape index (κ1) is 18.1. The molecule has 3 heterocycles. The molecule has 3 rings (SSSR count). The largest absolute Gasteiger partial charge is 0.451 e. The van der Waals surface area contributed by atoms with Crippen LogP contribution in [-0.4, -0.2) is 33.0 Å². The van der Waals surface area contributed by atoms with Crippen LogP contribution >= 0.6 is 0 Å². The van der Waals surface area contributed by atoms with Gasteiger partial charge in [-0.3, -0.25) is 19.5 Å². The molecule has 0 saturated carbocycles. The zero-order chi connectivity index (χ0) is 19.7. The van der Waals surface area contributed by atoms with Crippen LogP contribution in [-0.2, 0) is 4.74 Å². The van der Waals surface area contributed by atoms with E-state index in [1.165, 1.54) is 0 Å². The number of carbonyl (C=O) groups is 2. The molecule has 3 aromatic heterocycles. The van der Waals surface area contributed by atoms with Crippen molar-refractivity contribution < 1.29 is 28.2 Å². The first-order valence-electron chi connectivity index (χ1n) is 7.85. The standard InChI is InChI=1S/C17H15N3O7/c1-9-6-12(11(3)19(9)15-7-10(2)27-18-15)13(21)8-25-17(22)14-4-5-16(26-14)20(23)24/h4-7H,8H2,1-3H3. The number of aryl methyl sites for hydroxylation is 2. The lowest BCUT2D eigenvalue weighted by atomic mass is 10.1. The van der Waals surface area contributed by atoms with Gasteiger partial charge in [0.2, 0.25) is 11.5 Å². The molecule has 0 aliphatic rings. The van der Waals surface area contributed by atoms with Gasteiger partial charge < -0.3 is 13.7 Å². The van der Waals surface area contributed by atoms with Gasteiger partial charge in [-0.15, -0.1) is 0 Å². The van der Waals surface area contributed by atoms with Crippen molar-refractivity contribution in [3.63, 3.8) is 0 Å². The maximum Gasteiger partial charge on any atom is 0.433 e. The summed E-state index contributed by atoms with van der Waals surface area (Å²) in [4.78, 5) is 34.1. The number of rotatable bonds is 6. The minimum Gasteiger partial charge on any atom is -0.451 e. The SMILES string of the molecule is Cc1cc(-n2c(C)cc(C(=O)COC(=O)c3ccc([N+](=O)[O-])o3)c2C)no1. The number of ether oxygens (including phenoxy) is 1. The van der Waals surface area contributed by atoms with E-state index in [1.54, 1.807) is 30.5 Å². The third-order valence-electron chi connectivity index (χ3n) is 3.88. The Labute approximate surface area is 152 Å². The number of ketones is 1. The fraction of sp³-hybridized carbons (Fsp3) is 0.235. The summed E-state index contributed by atoms with van der Waals surface area (Å²) >= 11 is 0. The molecule has 3 aromatic rings. The third-order valence-corrected chi connectivity index (χ3v) is 3.88. The molecule has 0 aromatic carbocycles. The van der Waals surface area contributed by atoms with Gasteiger partial charge in [0.25, 0.3) is 0 Å². The van der Waals surface area contributed by atoms with Gasteiger partial charge in [0.15, 0.2) is 12.4 Å². The number of aromatic nitrogens is 2. The number of hydrogen-bond donors (Lipinski definition) is 0. The fourth-order valence-corrected chi connectivity index (χ4v) is 2.67. The van der Waals surface area contributed by atoms with Gasteiger partial charge in [-0.1, -0.05) is 5.16 Å². The Balaban J connectivity index is 1.73. The fourth-order valence-electron chi connectivity index (χ4n) is 2.67. The number of hydrogen-bond acceptors (Lipinski definition) is 8. The first-order chi connectivity index (χ1) is 12.8. The molecule has 0 bridgehead atoms. The van der Waals surface area contributed by atoms with E-state index in [2.05, 4.69) is 5.16 Å². The van der Waals surface area contributed by atoms with Gasteiger partial charge in [0.05, 0.1) is 6.07 Å². The van der Waals surface area contributed by atoms with E-state index in [9.17, 15) is 19.7 Å². The highest BCUT2D eigenvalue weighted by Crippen LogP contribution is 2.21. The molecule has 0 aliphatic heterocycles. The number of nitro groups is 1. The number of furan rings is 1. The van der Waals surface area contributed by atoms with Gasteiger partial charge in [0.1, 0.15) is 10.7 Å². The Bertz CT molecular complexity index is 1040. The van der Waals surface area contributed by atoms with Crippen molar-refractivity contribution >= 4 is 17.6 Å². The summed E-state index contributed by atoms with van der Waals surface area (Å²) in [5.41, 5.74) is 1.75. The predicted octanol–water partition coefficient (Wildman–Crippen LogP) is 2.93. The molecule has 0 aliphatic carbocycles. The van der Waals surface area contributed by atoms with E-state index in [4.69, 9.17) is 13.7 Å². The minimum absolute atomic E-state index is 0.349. The highest BCUT2D eigenvalue weighted by Gasteiger charge is 2.22. The van der Waals surface area contributed by atoms with E-state index in [1.807, 2.05) is 6.92 Å². The average Bonchev–Trinajstić information content (AvgIpc) is 3.32. The zero-order valence-electron chi connectivity index (χ0n) is 14.7. The van der Waals surface area contributed by atoms with Crippen LogP contribution in [0.25, 0.3) is 5.82 Å². The van der Waals surface area contributed by atoms with Crippen LogP contribution in [0.15, 0.2) is 33.2 Å². The van der Waals surface area contributed by atoms with Crippen molar-refractivity contribution in [1.82, 2.24) is 9.72 Å². The van der Waals surface area contributed by atoms with Crippen LogP contribution in [0.3, 0.4) is 0 Å². The van der Waals surface area contributed by atoms with Crippen molar-refractivity contribution in [2.45, 2.75) is 20.8 Å². The summed E-state index contributed by atoms with van der Waals surface area (Å²) in [5.74, 6) is -1.15. The van der Waals surface area contributed by atoms with Crippen LogP contribution < -0.4 is 0 Å². The molecule has 0 fully saturated rings. The van der Waals surface area contributed by atoms with E-state index >= 15 is 0 Å². The Hall–Kier alpha value is -3.69. The topological polar surface area (TPSA) is 131 Å². The van der Waals surface area contributed by atoms with Crippen LogP contribution in [0.2, 0.25) is 0 Å². The maximum absolute atomic E-state index is 12.4. The van der Waals surface area contributed by atoms with Gasteiger partial charge in [0, 0.05) is 23.0 Å². The van der Waals surface area contributed by atoms with Crippen molar-refractivity contribution in [3.8, 4) is 5.82 Å². The normalized spacial score (nSPS) is 10.8. The van der Waals surface area contributed by atoms with Crippen LogP contribution in [0.1, 0.15) is 38.1 Å². The second-order valence-electron chi connectivity index (χ2n) is 5.81. The van der Waals surface area contributed by atoms with Crippen LogP contribution in [0.5, 0.6) is 0 Å². The van der Waals surface area contributed by atoms with Crippen molar-refractivity contribution in [2.24, 2.45) is 0 Å². The van der Waals surface area contributed by atoms with Crippen molar-refractivity contribution in [1.29, 1.82) is 0 Å². The Morgan fingerprint density at radius 1 is 1.26 bits per heavy atom. The van der Waals surface area contributed by atoms with E-state index in [0.717, 1.165) is 17.8 Å². The number of Topliss-reactive ketones (excluding diaryl/α,β-unsaturated/α-hetero) is 1. The summed E-state index contributed by atoms with van der Waals surface area (Å²) in [7, 11) is 0. The minimum atomic E-state index is -0.961. The highest BCUT2D eigenvalue weighted by molar-refractivity contribution is 6.00. The second kappa shape index (κ2) is 6.90. The first-order valence-corrected chi connectivity index (χ1v) is 7.85. The van der Waals surface area contributed by atoms with Crippen LogP contribution in [0.4, 0.5) is 5.88 Å². The number of nitrogens with zero attached hydrogens (tertiary/aromatic N) is 3. The number of esters is 1. The van der Waals surface area contributed by atoms with E-state index in [-0.39, 0.29) is 5.76 Å². The molecule has 0 saturated heterocycles. The monoisotopic (exact) mass is 373 g/mol. The molecule has 0 amide bonds. The molecular formula is C17H15N3O7. The van der Waals surface area contributed by atoms with Crippen molar-refractivity contribution in [2.75, 3.05) is 6.61 Å². The molecule has 10 heteroatoms. The Morgan fingerprint density at radius 3 is 2.59 bits per heavy atom. The summed E-state index contributed by atoms with van der Waals surface area (Å²) in [5, 5.41) is 14.5. The molecular weight excluding hydrogens is 358 g/mol. The Morgan fingerprint density at radius 2 is 2.00 bits per heavy atom. The van der Waals surface area contributed by atoms with Gasteiger partial charge in [-0.2, -0.15) is 0 Å². The molecule has 27 heavy (non-hydrogen) atoms. The zero-order valence-corrected chi connectivity index (χ0v) is 14.7. The smallest absolute Gasteiger partial charge is 0.433 e. The maximum atomic E-state index is 12.4. The molecule has 0 unspecified atom stereocenters. The van der Waals surface area contributed by atoms with Gasteiger partial charge in [-0.25, -0.2) is 4.79 Å². The lowest BCUT2D eigenvalue weighted by Gasteiger charge is -2.05. The van der Waals surface area contributed by atoms with Crippen molar-refractivity contribution in [3.05, 3.63) is 62.9 Å². The average molecular weight is 373 g/mol. The van der Waals surface area contributed by atoms with Gasteiger partial charge in [-0.05, 0) is 32.9 Å². The summed E-state index contributed by atoms with van der Waals surface area (Å²) in [6.07, 6.45) is 0. The lowest BCUT2D eigenvalue weighted by molar-refractivity contribution is -0.402. The lowest BCUT2D eigenvalue weighted by Crippen LogP contribution is -2.14. The second-order valence-corrected chi connectivity index (χ2v) is 5.81. The molecule has 10 nitrogen and oxygen atoms in total. The highest BCUT2D eigenvalue weighted by atomic mass is 16.7. The molecule has 0 atom stereocenters. The summed E-state index contributed by atoms with van der Waals surface area (Å²) in [6, 6.07) is 5.54. The summed E-state index contributed by atoms with van der Waals surface area (Å²) < 4.78 is 16.5. The molecule has 140 valence electrons. The van der Waals surface area contributed by atoms with Gasteiger partial charge >= 0.3 is 11.9 Å². The summed E-state index contributed by atoms with van der Waals surface area (Å²) in [6.45, 7) is 4.77. The third kappa shape index (κ3) is 3.50. The Kier molecular flexibility index (Phi) is 4.63. The quantitative estimate of drug-likeness (QED) is 0.279. The molecule has 0 radical (unpaired) electrons.